The van der Waals surface area contributed by atoms with Gasteiger partial charge in [-0.05, 0) is 42.5 Å². The van der Waals surface area contributed by atoms with Gasteiger partial charge in [0.1, 0.15) is 12.0 Å². The predicted molar refractivity (Wildman–Crippen MR) is 144 cm³/mol. The first-order chi connectivity index (χ1) is 18.7. The van der Waals surface area contributed by atoms with E-state index in [0.717, 1.165) is 0 Å². The number of para-hydroxylation sites is 1. The molecule has 11 nitrogen and oxygen atoms in total. The van der Waals surface area contributed by atoms with Crippen LogP contribution in [0.15, 0.2) is 66.7 Å². The zero-order valence-electron chi connectivity index (χ0n) is 20.4. The molecule has 3 aromatic rings. The van der Waals surface area contributed by atoms with E-state index in [1.165, 1.54) is 33.0 Å². The maximum Gasteiger partial charge on any atom is 0.305 e. The van der Waals surface area contributed by atoms with Gasteiger partial charge in [-0.3, -0.25) is 39.9 Å². The smallest absolute Gasteiger partial charge is 0.305 e. The van der Waals surface area contributed by atoms with Crippen molar-refractivity contribution in [2.75, 3.05) is 23.0 Å². The van der Waals surface area contributed by atoms with Gasteiger partial charge in [0.2, 0.25) is 0 Å². The van der Waals surface area contributed by atoms with Gasteiger partial charge in [-0.25, -0.2) is 0 Å². The molecule has 5 N–H and O–H groups in total. The van der Waals surface area contributed by atoms with E-state index in [-0.39, 0.29) is 42.0 Å². The fraction of sp³-hybridized carbons (Fsp3) is 0.148. The number of carboxylic acid groups (broad SMARTS) is 1. The number of aliphatic carboxylic acids is 1. The maximum absolute atomic E-state index is 13.9. The molecule has 2 heterocycles. The number of nitrogens with one attached hydrogen (secondary N) is 2. The summed E-state index contributed by atoms with van der Waals surface area (Å²) in [6, 6.07) is 17.4. The van der Waals surface area contributed by atoms with Gasteiger partial charge in [-0.15, -0.1) is 0 Å². The van der Waals surface area contributed by atoms with Crippen LogP contribution in [0.1, 0.15) is 43.1 Å². The second kappa shape index (κ2) is 10.1. The summed E-state index contributed by atoms with van der Waals surface area (Å²) in [5.41, 5.74) is 10.2. The highest BCUT2D eigenvalue weighted by Crippen LogP contribution is 2.38. The lowest BCUT2D eigenvalue weighted by molar-refractivity contribution is -0.137. The molecule has 198 valence electrons. The number of amides is 3. The van der Waals surface area contributed by atoms with Crippen molar-refractivity contribution in [3.63, 3.8) is 0 Å². The van der Waals surface area contributed by atoms with E-state index < -0.39 is 29.9 Å². The lowest BCUT2D eigenvalue weighted by atomic mass is 10.0. The highest BCUT2D eigenvalue weighted by molar-refractivity contribution is 6.31. The van der Waals surface area contributed by atoms with E-state index >= 15 is 0 Å². The van der Waals surface area contributed by atoms with Crippen molar-refractivity contribution in [3.05, 3.63) is 94.0 Å². The third kappa shape index (κ3) is 4.75. The number of nitrogens with zero attached hydrogens (tertiary/aromatic N) is 3. The predicted octanol–water partition coefficient (Wildman–Crippen LogP) is 2.69. The number of nitrogens with two attached hydrogens (primary N) is 1. The van der Waals surface area contributed by atoms with Gasteiger partial charge < -0.3 is 15.7 Å². The van der Waals surface area contributed by atoms with Crippen LogP contribution in [0.5, 0.6) is 0 Å². The van der Waals surface area contributed by atoms with Crippen LogP contribution in [0.3, 0.4) is 0 Å². The van der Waals surface area contributed by atoms with E-state index in [2.05, 4.69) is 5.43 Å². The number of rotatable bonds is 6. The van der Waals surface area contributed by atoms with Crippen molar-refractivity contribution in [2.45, 2.75) is 12.6 Å². The summed E-state index contributed by atoms with van der Waals surface area (Å²) in [7, 11) is 0. The second-order valence-electron chi connectivity index (χ2n) is 9.03. The fourth-order valence-corrected chi connectivity index (χ4v) is 4.88. The number of anilines is 2. The minimum absolute atomic E-state index is 0.0852. The van der Waals surface area contributed by atoms with Crippen LogP contribution in [0.4, 0.5) is 11.4 Å². The van der Waals surface area contributed by atoms with Gasteiger partial charge >= 0.3 is 5.97 Å². The van der Waals surface area contributed by atoms with E-state index in [1.807, 2.05) is 0 Å². The topological polar surface area (TPSA) is 160 Å². The molecule has 0 bridgehead atoms. The molecule has 3 amide bonds. The van der Waals surface area contributed by atoms with Crippen LogP contribution in [0.25, 0.3) is 0 Å². The van der Waals surface area contributed by atoms with E-state index in [0.29, 0.717) is 22.0 Å². The Bertz CT molecular complexity index is 1530. The quantitative estimate of drug-likeness (QED) is 0.273. The first kappa shape index (κ1) is 25.7. The number of hydrogen-bond donors (Lipinski definition) is 4. The van der Waals surface area contributed by atoms with Crippen molar-refractivity contribution in [1.29, 1.82) is 5.41 Å². The Labute approximate surface area is 227 Å². The summed E-state index contributed by atoms with van der Waals surface area (Å²) in [5.74, 6) is -2.57. The standard InChI is InChI=1S/C27H23ClN6O5/c28-17-9-10-21-19(13-17)27(39)33-20-4-2-1-3-18(20)26(38)32(12-11-23(35)36)14-22(33)34(21)31-25(37)16-7-5-15(6-8-16)24(29)30/h1-10,13,22H,11-12,14H2,(H3,29,30)(H,31,37)(H,35,36). The molecule has 3 aromatic carbocycles. The number of fused-ring (bicyclic) bond motifs is 4. The number of carboxylic acids is 1. The van der Waals surface area contributed by atoms with Gasteiger partial charge in [0, 0.05) is 22.7 Å². The van der Waals surface area contributed by atoms with Crippen molar-refractivity contribution in [3.8, 4) is 0 Å². The average Bonchev–Trinajstić information content (AvgIpc) is 3.04. The van der Waals surface area contributed by atoms with Crippen LogP contribution in [-0.2, 0) is 4.79 Å². The minimum atomic E-state index is -1.07. The molecule has 2 aliphatic rings. The molecule has 0 aliphatic carbocycles. The first-order valence-electron chi connectivity index (χ1n) is 11.9. The number of carbonyl (C=O) groups excluding carboxylic acids is 3. The normalized spacial score (nSPS) is 16.1. The van der Waals surface area contributed by atoms with E-state index in [1.54, 1.807) is 48.5 Å². The molecule has 0 aromatic heterocycles. The number of carbonyl (C=O) groups is 4. The number of halogens is 1. The lowest BCUT2D eigenvalue weighted by Crippen LogP contribution is -2.64. The lowest BCUT2D eigenvalue weighted by Gasteiger charge is -2.45. The molecular weight excluding hydrogens is 524 g/mol. The van der Waals surface area contributed by atoms with Gasteiger partial charge in [0.25, 0.3) is 17.7 Å². The largest absolute Gasteiger partial charge is 0.481 e. The Morgan fingerprint density at radius 1 is 0.974 bits per heavy atom. The number of hydrazine groups is 1. The van der Waals surface area contributed by atoms with Gasteiger partial charge in [-0.2, -0.15) is 0 Å². The third-order valence-corrected chi connectivity index (χ3v) is 6.84. The van der Waals surface area contributed by atoms with Gasteiger partial charge in [-0.1, -0.05) is 35.9 Å². The Balaban J connectivity index is 1.61. The minimum Gasteiger partial charge on any atom is -0.481 e. The van der Waals surface area contributed by atoms with Crippen molar-refractivity contribution >= 4 is 52.5 Å². The number of hydrogen-bond acceptors (Lipinski definition) is 6. The van der Waals surface area contributed by atoms with Crippen molar-refractivity contribution < 1.29 is 24.3 Å². The van der Waals surface area contributed by atoms with Crippen LogP contribution in [-0.4, -0.2) is 58.8 Å². The molecular formula is C27H23ClN6O5. The van der Waals surface area contributed by atoms with E-state index in [4.69, 9.17) is 22.7 Å². The second-order valence-corrected chi connectivity index (χ2v) is 9.47. The Morgan fingerprint density at radius 2 is 1.67 bits per heavy atom. The van der Waals surface area contributed by atoms with E-state index in [9.17, 15) is 24.3 Å². The maximum atomic E-state index is 13.9. The molecule has 2 aliphatic heterocycles. The van der Waals surface area contributed by atoms with Gasteiger partial charge in [0.05, 0.1) is 35.5 Å². The van der Waals surface area contributed by atoms with Gasteiger partial charge in [0.15, 0.2) is 0 Å². The molecule has 0 saturated heterocycles. The zero-order valence-corrected chi connectivity index (χ0v) is 21.2. The van der Waals surface area contributed by atoms with Crippen LogP contribution in [0, 0.1) is 5.41 Å². The summed E-state index contributed by atoms with van der Waals surface area (Å²) in [6.45, 7) is -0.180. The Morgan fingerprint density at radius 3 is 2.36 bits per heavy atom. The monoisotopic (exact) mass is 546 g/mol. The summed E-state index contributed by atoms with van der Waals surface area (Å²) in [4.78, 5) is 54.9. The molecule has 1 unspecified atom stereocenters. The summed E-state index contributed by atoms with van der Waals surface area (Å²) in [5, 5.41) is 18.7. The summed E-state index contributed by atoms with van der Waals surface area (Å²) < 4.78 is 0. The van der Waals surface area contributed by atoms with Crippen molar-refractivity contribution in [2.24, 2.45) is 5.73 Å². The fourth-order valence-electron chi connectivity index (χ4n) is 4.71. The molecule has 12 heteroatoms. The van der Waals surface area contributed by atoms with Crippen LogP contribution < -0.4 is 21.1 Å². The Kier molecular flexibility index (Phi) is 6.67. The molecule has 0 fully saturated rings. The molecule has 0 saturated carbocycles. The zero-order chi connectivity index (χ0) is 27.8. The Hall–Kier alpha value is -4.90. The summed E-state index contributed by atoms with van der Waals surface area (Å²) >= 11 is 6.23. The molecule has 39 heavy (non-hydrogen) atoms. The number of benzene rings is 3. The molecule has 5 rings (SSSR count). The summed E-state index contributed by atoms with van der Waals surface area (Å²) in [6.07, 6.45) is -1.21. The molecule has 1 atom stereocenters. The first-order valence-corrected chi connectivity index (χ1v) is 12.3. The third-order valence-electron chi connectivity index (χ3n) is 6.60. The number of amidine groups is 1. The highest BCUT2D eigenvalue weighted by atomic mass is 35.5. The van der Waals surface area contributed by atoms with Crippen LogP contribution in [0.2, 0.25) is 5.02 Å². The SMILES string of the molecule is N=C(N)c1ccc(C(=O)NN2c3ccc(Cl)cc3C(=O)N3c4ccccc4C(=O)N(CCC(=O)O)CC23)cc1. The molecule has 0 spiro atoms. The highest BCUT2D eigenvalue weighted by Gasteiger charge is 2.44. The van der Waals surface area contributed by atoms with Crippen LogP contribution >= 0.6 is 11.6 Å². The average molecular weight is 547 g/mol. The molecule has 0 radical (unpaired) electrons. The number of nitrogen functional groups attached to an aromatic ring is 1. The van der Waals surface area contributed by atoms with Crippen molar-refractivity contribution in [1.82, 2.24) is 10.3 Å².